The summed E-state index contributed by atoms with van der Waals surface area (Å²) >= 11 is 3.38. The summed E-state index contributed by atoms with van der Waals surface area (Å²) in [4.78, 5) is 12.8. The molecule has 108 valence electrons. The van der Waals surface area contributed by atoms with E-state index in [0.29, 0.717) is 27.5 Å². The first kappa shape index (κ1) is 13.0. The fourth-order valence-corrected chi connectivity index (χ4v) is 2.85. The number of halogens is 1. The highest BCUT2D eigenvalue weighted by atomic mass is 79.9. The third kappa shape index (κ3) is 1.82. The maximum Gasteiger partial charge on any atom is 0.282 e. The molecule has 0 saturated heterocycles. The van der Waals surface area contributed by atoms with E-state index < -0.39 is 0 Å². The number of para-hydroxylation sites is 1. The van der Waals surface area contributed by atoms with Crippen molar-refractivity contribution in [3.05, 3.63) is 58.7 Å². The Bertz CT molecular complexity index is 1030. The van der Waals surface area contributed by atoms with Crippen LogP contribution in [-0.4, -0.2) is 30.8 Å². The van der Waals surface area contributed by atoms with Gasteiger partial charge in [0.1, 0.15) is 5.52 Å². The molecule has 1 N–H and O–H groups in total. The highest BCUT2D eigenvalue weighted by molar-refractivity contribution is 9.10. The molecule has 6 nitrogen and oxygen atoms in total. The highest BCUT2D eigenvalue weighted by Crippen LogP contribution is 2.25. The van der Waals surface area contributed by atoms with Crippen molar-refractivity contribution < 1.29 is 10.0 Å². The van der Waals surface area contributed by atoms with Crippen LogP contribution in [0.4, 0.5) is 0 Å². The van der Waals surface area contributed by atoms with Crippen molar-refractivity contribution in [3.8, 4) is 0 Å². The molecule has 0 aliphatic heterocycles. The molecule has 0 amide bonds. The number of rotatable bonds is 1. The molecule has 0 unspecified atom stereocenters. The summed E-state index contributed by atoms with van der Waals surface area (Å²) in [6.07, 6.45) is 1.38. The van der Waals surface area contributed by atoms with Crippen molar-refractivity contribution in [2.45, 2.75) is 0 Å². The predicted octanol–water partition coefficient (Wildman–Crippen LogP) is 3.07. The van der Waals surface area contributed by atoms with Crippen molar-refractivity contribution in [1.82, 2.24) is 19.7 Å². The summed E-state index contributed by atoms with van der Waals surface area (Å²) in [6.45, 7) is 0. The molecule has 0 bridgehead atoms. The van der Waals surface area contributed by atoms with Gasteiger partial charge in [-0.2, -0.15) is 9.41 Å². The largest absolute Gasteiger partial charge is 0.428 e. The second kappa shape index (κ2) is 4.67. The molecule has 2 heterocycles. The van der Waals surface area contributed by atoms with Crippen molar-refractivity contribution in [1.29, 1.82) is 0 Å². The van der Waals surface area contributed by atoms with Crippen LogP contribution in [0.2, 0.25) is 0 Å². The van der Waals surface area contributed by atoms with Gasteiger partial charge in [-0.1, -0.05) is 33.3 Å². The molecule has 22 heavy (non-hydrogen) atoms. The molecule has 0 aliphatic carbocycles. The van der Waals surface area contributed by atoms with Gasteiger partial charge in [-0.3, -0.25) is 4.79 Å². The van der Waals surface area contributed by atoms with Gasteiger partial charge < -0.3 is 5.21 Å². The molecule has 2 aromatic carbocycles. The number of hydrogen-bond donors (Lipinski definition) is 1. The van der Waals surface area contributed by atoms with Crippen molar-refractivity contribution >= 4 is 43.8 Å². The molecular formula is C15H9BrN4O2. The minimum atomic E-state index is -0.343. The molecule has 0 aliphatic rings. The zero-order valence-corrected chi connectivity index (χ0v) is 12.7. The molecule has 4 rings (SSSR count). The number of hydrogen-bond acceptors (Lipinski definition) is 4. The van der Waals surface area contributed by atoms with E-state index in [4.69, 9.17) is 0 Å². The topological polar surface area (TPSA) is 72.9 Å². The second-order valence-electron chi connectivity index (χ2n) is 4.84. The van der Waals surface area contributed by atoms with Gasteiger partial charge in [0.25, 0.3) is 5.91 Å². The van der Waals surface area contributed by atoms with Crippen LogP contribution in [0.5, 0.6) is 0 Å². The Morgan fingerprint density at radius 3 is 2.82 bits per heavy atom. The van der Waals surface area contributed by atoms with E-state index in [9.17, 15) is 10.0 Å². The Kier molecular flexibility index (Phi) is 2.77. The fourth-order valence-electron chi connectivity index (χ4n) is 2.49. The molecular weight excluding hydrogens is 348 g/mol. The van der Waals surface area contributed by atoms with Gasteiger partial charge in [0, 0.05) is 9.86 Å². The Balaban J connectivity index is 1.95. The van der Waals surface area contributed by atoms with E-state index >= 15 is 0 Å². The Morgan fingerprint density at radius 2 is 1.95 bits per heavy atom. The van der Waals surface area contributed by atoms with Gasteiger partial charge in [-0.05, 0) is 30.3 Å². The van der Waals surface area contributed by atoms with E-state index in [0.717, 1.165) is 9.20 Å². The molecule has 0 saturated carbocycles. The Morgan fingerprint density at radius 1 is 1.14 bits per heavy atom. The van der Waals surface area contributed by atoms with Crippen LogP contribution in [-0.2, 0) is 0 Å². The predicted molar refractivity (Wildman–Crippen MR) is 84.1 cm³/mol. The second-order valence-corrected chi connectivity index (χ2v) is 5.76. The maximum absolute atomic E-state index is 12.8. The quantitative estimate of drug-likeness (QED) is 0.532. The maximum atomic E-state index is 12.8. The summed E-state index contributed by atoms with van der Waals surface area (Å²) in [6, 6.07) is 12.5. The number of carbonyl (C=O) groups excluding carboxylic acids is 1. The summed E-state index contributed by atoms with van der Waals surface area (Å²) in [5.74, 6) is -0.343. The van der Waals surface area contributed by atoms with Crippen molar-refractivity contribution in [2.24, 2.45) is 0 Å². The van der Waals surface area contributed by atoms with Gasteiger partial charge in [0.05, 0.1) is 22.8 Å². The molecule has 4 aromatic rings. The van der Waals surface area contributed by atoms with Crippen LogP contribution < -0.4 is 0 Å². The minimum Gasteiger partial charge on any atom is -0.428 e. The normalized spacial score (nSPS) is 11.3. The highest BCUT2D eigenvalue weighted by Gasteiger charge is 2.19. The molecule has 2 aromatic heterocycles. The number of aromatic nitrogens is 4. The lowest BCUT2D eigenvalue weighted by Gasteiger charge is -2.00. The third-order valence-corrected chi connectivity index (χ3v) is 4.01. The number of benzene rings is 2. The first-order valence-electron chi connectivity index (χ1n) is 6.50. The molecule has 0 spiro atoms. The van der Waals surface area contributed by atoms with Crippen LogP contribution in [0.1, 0.15) is 10.4 Å². The SMILES string of the molecule is O=C(c1cn(O)c2ccc(Br)cc12)n1nnc2ccccc21. The molecule has 0 fully saturated rings. The number of nitrogens with zero attached hydrogens (tertiary/aromatic N) is 4. The average Bonchev–Trinajstić information content (AvgIpc) is 3.08. The first-order chi connectivity index (χ1) is 10.6. The van der Waals surface area contributed by atoms with Crippen LogP contribution >= 0.6 is 15.9 Å². The van der Waals surface area contributed by atoms with Gasteiger partial charge in [0.15, 0.2) is 0 Å². The van der Waals surface area contributed by atoms with Crippen LogP contribution in [0.15, 0.2) is 53.1 Å². The zero-order chi connectivity index (χ0) is 15.3. The van der Waals surface area contributed by atoms with Gasteiger partial charge in [-0.15, -0.1) is 5.10 Å². The monoisotopic (exact) mass is 356 g/mol. The lowest BCUT2D eigenvalue weighted by Crippen LogP contribution is -2.13. The molecule has 7 heteroatoms. The standard InChI is InChI=1S/C15H9BrN4O2/c16-9-5-6-13-10(7-9)11(8-19(13)22)15(21)20-14-4-2-1-3-12(14)17-18-20/h1-8,22H. The van der Waals surface area contributed by atoms with Crippen LogP contribution in [0.3, 0.4) is 0 Å². The first-order valence-corrected chi connectivity index (χ1v) is 7.29. The third-order valence-electron chi connectivity index (χ3n) is 3.52. The van der Waals surface area contributed by atoms with Crippen molar-refractivity contribution in [2.75, 3.05) is 0 Å². The van der Waals surface area contributed by atoms with Crippen molar-refractivity contribution in [3.63, 3.8) is 0 Å². The van der Waals surface area contributed by atoms with Gasteiger partial charge in [0.2, 0.25) is 0 Å². The van der Waals surface area contributed by atoms with Crippen LogP contribution in [0.25, 0.3) is 21.9 Å². The number of carbonyl (C=O) groups is 1. The summed E-state index contributed by atoms with van der Waals surface area (Å²) in [7, 11) is 0. The van der Waals surface area contributed by atoms with Crippen LogP contribution in [0, 0.1) is 0 Å². The lowest BCUT2D eigenvalue weighted by atomic mass is 10.1. The van der Waals surface area contributed by atoms with E-state index in [1.165, 1.54) is 10.9 Å². The summed E-state index contributed by atoms with van der Waals surface area (Å²) in [5, 5.41) is 18.5. The van der Waals surface area contributed by atoms with E-state index in [1.807, 2.05) is 12.1 Å². The van der Waals surface area contributed by atoms with E-state index in [-0.39, 0.29) is 5.91 Å². The summed E-state index contributed by atoms with van der Waals surface area (Å²) < 4.78 is 3.00. The fraction of sp³-hybridized carbons (Fsp3) is 0. The molecule has 0 radical (unpaired) electrons. The van der Waals surface area contributed by atoms with E-state index in [2.05, 4.69) is 26.2 Å². The smallest absolute Gasteiger partial charge is 0.282 e. The lowest BCUT2D eigenvalue weighted by molar-refractivity contribution is 0.0947. The Labute approximate surface area is 132 Å². The van der Waals surface area contributed by atoms with Gasteiger partial charge in [-0.25, -0.2) is 0 Å². The average molecular weight is 357 g/mol. The zero-order valence-electron chi connectivity index (χ0n) is 11.1. The Hall–Kier alpha value is -2.67. The summed E-state index contributed by atoms with van der Waals surface area (Å²) in [5.41, 5.74) is 2.18. The molecule has 0 atom stereocenters. The number of fused-ring (bicyclic) bond motifs is 2. The minimum absolute atomic E-state index is 0.343. The van der Waals surface area contributed by atoms with E-state index in [1.54, 1.807) is 30.3 Å². The van der Waals surface area contributed by atoms with Gasteiger partial charge >= 0.3 is 0 Å².